The average molecular weight is 181 g/mol. The predicted octanol–water partition coefficient (Wildman–Crippen LogP) is 0.949. The Morgan fingerprint density at radius 1 is 1.77 bits per heavy atom. The van der Waals surface area contributed by atoms with E-state index in [1.807, 2.05) is 11.8 Å². The maximum Gasteiger partial charge on any atom is 0.324 e. The first-order valence-electron chi connectivity index (χ1n) is 4.59. The zero-order valence-electron chi connectivity index (χ0n) is 7.92. The molecule has 13 heavy (non-hydrogen) atoms. The Bertz CT molecular complexity index is 244. The Morgan fingerprint density at radius 3 is 2.92 bits per heavy atom. The molecule has 0 aromatic heterocycles. The number of nitrogens with zero attached hydrogens (tertiary/aromatic N) is 1. The molecule has 1 saturated heterocycles. The van der Waals surface area contributed by atoms with E-state index < -0.39 is 11.5 Å². The largest absolute Gasteiger partial charge is 0.480 e. The van der Waals surface area contributed by atoms with Crippen LogP contribution in [0.4, 0.5) is 0 Å². The lowest BCUT2D eigenvalue weighted by Gasteiger charge is -2.32. The summed E-state index contributed by atoms with van der Waals surface area (Å²) in [7, 11) is 0. The van der Waals surface area contributed by atoms with Crippen LogP contribution < -0.4 is 0 Å². The molecule has 1 aliphatic heterocycles. The molecule has 0 aromatic carbocycles. The molecular weight excluding hydrogens is 166 g/mol. The first kappa shape index (κ1) is 10.1. The maximum atomic E-state index is 11.1. The highest BCUT2D eigenvalue weighted by atomic mass is 16.4. The van der Waals surface area contributed by atoms with Crippen LogP contribution in [0.3, 0.4) is 0 Å². The monoisotopic (exact) mass is 181 g/mol. The highest BCUT2D eigenvalue weighted by molar-refractivity contribution is 5.79. The number of carboxylic acids is 1. The van der Waals surface area contributed by atoms with E-state index >= 15 is 0 Å². The fourth-order valence-corrected chi connectivity index (χ4v) is 2.07. The van der Waals surface area contributed by atoms with Gasteiger partial charge in [0.25, 0.3) is 0 Å². The van der Waals surface area contributed by atoms with Crippen LogP contribution >= 0.6 is 0 Å². The molecule has 0 spiro atoms. The summed E-state index contributed by atoms with van der Waals surface area (Å²) < 4.78 is 0. The van der Waals surface area contributed by atoms with Crippen LogP contribution in [0.1, 0.15) is 26.2 Å². The Labute approximate surface area is 78.7 Å². The number of rotatable bonds is 3. The molecule has 1 rings (SSSR count). The number of terminal acetylenes is 1. The van der Waals surface area contributed by atoms with Crippen molar-refractivity contribution in [2.24, 2.45) is 0 Å². The van der Waals surface area contributed by atoms with E-state index in [-0.39, 0.29) is 0 Å². The van der Waals surface area contributed by atoms with Crippen molar-refractivity contribution in [3.8, 4) is 12.3 Å². The quantitative estimate of drug-likeness (QED) is 0.659. The van der Waals surface area contributed by atoms with Crippen LogP contribution in [0.2, 0.25) is 0 Å². The topological polar surface area (TPSA) is 40.5 Å². The van der Waals surface area contributed by atoms with E-state index in [1.165, 1.54) is 0 Å². The fourth-order valence-electron chi connectivity index (χ4n) is 2.07. The van der Waals surface area contributed by atoms with Gasteiger partial charge >= 0.3 is 5.97 Å². The number of aliphatic carboxylic acids is 1. The zero-order valence-corrected chi connectivity index (χ0v) is 7.92. The first-order valence-corrected chi connectivity index (χ1v) is 4.59. The lowest BCUT2D eigenvalue weighted by atomic mass is 9.93. The van der Waals surface area contributed by atoms with E-state index in [0.29, 0.717) is 13.0 Å². The average Bonchev–Trinajstić information content (AvgIpc) is 2.49. The molecule has 0 bridgehead atoms. The highest BCUT2D eigenvalue weighted by Gasteiger charge is 2.45. The maximum absolute atomic E-state index is 11.1. The van der Waals surface area contributed by atoms with E-state index in [0.717, 1.165) is 19.4 Å². The normalized spacial score (nSPS) is 28.6. The van der Waals surface area contributed by atoms with Crippen molar-refractivity contribution in [3.63, 3.8) is 0 Å². The predicted molar refractivity (Wildman–Crippen MR) is 50.3 cm³/mol. The third kappa shape index (κ3) is 1.54. The fraction of sp³-hybridized carbons (Fsp3) is 0.700. The lowest BCUT2D eigenvalue weighted by Crippen LogP contribution is -2.50. The van der Waals surface area contributed by atoms with Crippen LogP contribution in [0.5, 0.6) is 0 Å². The van der Waals surface area contributed by atoms with Gasteiger partial charge in [-0.15, -0.1) is 6.42 Å². The van der Waals surface area contributed by atoms with Crippen molar-refractivity contribution in [2.75, 3.05) is 13.1 Å². The van der Waals surface area contributed by atoms with Crippen LogP contribution in [-0.4, -0.2) is 34.6 Å². The Balaban J connectivity index is 2.84. The van der Waals surface area contributed by atoms with Crippen molar-refractivity contribution in [1.82, 2.24) is 4.90 Å². The Morgan fingerprint density at radius 2 is 2.46 bits per heavy atom. The van der Waals surface area contributed by atoms with Gasteiger partial charge in [-0.2, -0.15) is 0 Å². The van der Waals surface area contributed by atoms with Crippen molar-refractivity contribution in [2.45, 2.75) is 31.7 Å². The van der Waals surface area contributed by atoms with Crippen molar-refractivity contribution < 1.29 is 9.90 Å². The molecule has 3 nitrogen and oxygen atoms in total. The number of carbonyl (C=O) groups is 1. The van der Waals surface area contributed by atoms with Crippen LogP contribution in [0.15, 0.2) is 0 Å². The molecule has 1 atom stereocenters. The van der Waals surface area contributed by atoms with Gasteiger partial charge in [0.05, 0.1) is 6.54 Å². The molecule has 0 amide bonds. The molecule has 3 heteroatoms. The molecule has 0 aliphatic carbocycles. The van der Waals surface area contributed by atoms with Gasteiger partial charge in [0.15, 0.2) is 0 Å². The number of hydrogen-bond acceptors (Lipinski definition) is 2. The lowest BCUT2D eigenvalue weighted by molar-refractivity contribution is -0.149. The standard InChI is InChI=1S/C10H15NO2/c1-3-7-11-8-5-6-10(11,4-2)9(12)13/h1H,4-8H2,2H3,(H,12,13). The zero-order chi connectivity index (χ0) is 9.90. The number of hydrogen-bond donors (Lipinski definition) is 1. The van der Waals surface area contributed by atoms with Gasteiger partial charge in [0, 0.05) is 6.54 Å². The summed E-state index contributed by atoms with van der Waals surface area (Å²) in [5.74, 6) is 1.78. The summed E-state index contributed by atoms with van der Waals surface area (Å²) in [5, 5.41) is 9.15. The summed E-state index contributed by atoms with van der Waals surface area (Å²) in [5.41, 5.74) is -0.688. The van der Waals surface area contributed by atoms with Crippen molar-refractivity contribution in [3.05, 3.63) is 0 Å². The van der Waals surface area contributed by atoms with Crippen LogP contribution in [0.25, 0.3) is 0 Å². The molecule has 1 unspecified atom stereocenters. The molecule has 1 heterocycles. The Hall–Kier alpha value is -1.01. The SMILES string of the molecule is C#CCN1CCCC1(CC)C(=O)O. The van der Waals surface area contributed by atoms with Gasteiger partial charge in [-0.3, -0.25) is 9.69 Å². The van der Waals surface area contributed by atoms with Crippen LogP contribution in [0, 0.1) is 12.3 Å². The minimum Gasteiger partial charge on any atom is -0.480 e. The molecule has 1 fully saturated rings. The first-order chi connectivity index (χ1) is 6.17. The second-order valence-electron chi connectivity index (χ2n) is 3.42. The van der Waals surface area contributed by atoms with Gasteiger partial charge in [0.2, 0.25) is 0 Å². The van der Waals surface area contributed by atoms with E-state index in [4.69, 9.17) is 11.5 Å². The highest BCUT2D eigenvalue weighted by Crippen LogP contribution is 2.32. The van der Waals surface area contributed by atoms with Crippen LogP contribution in [-0.2, 0) is 4.79 Å². The molecule has 0 radical (unpaired) electrons. The van der Waals surface area contributed by atoms with Gasteiger partial charge < -0.3 is 5.11 Å². The Kier molecular flexibility index (Phi) is 2.94. The minimum absolute atomic E-state index is 0.445. The summed E-state index contributed by atoms with van der Waals surface area (Å²) >= 11 is 0. The van der Waals surface area contributed by atoms with E-state index in [2.05, 4.69) is 5.92 Å². The minimum atomic E-state index is -0.734. The molecule has 0 aromatic rings. The molecule has 0 saturated carbocycles. The summed E-state index contributed by atoms with van der Waals surface area (Å²) in [6.45, 7) is 3.16. The molecule has 72 valence electrons. The smallest absolute Gasteiger partial charge is 0.324 e. The van der Waals surface area contributed by atoms with E-state index in [9.17, 15) is 4.79 Å². The molecule has 1 aliphatic rings. The summed E-state index contributed by atoms with van der Waals surface area (Å²) in [6.07, 6.45) is 7.48. The summed E-state index contributed by atoms with van der Waals surface area (Å²) in [6, 6.07) is 0. The van der Waals surface area contributed by atoms with Gasteiger partial charge in [-0.1, -0.05) is 12.8 Å². The van der Waals surface area contributed by atoms with Gasteiger partial charge in [-0.05, 0) is 19.3 Å². The second kappa shape index (κ2) is 3.80. The van der Waals surface area contributed by atoms with Crippen molar-refractivity contribution >= 4 is 5.97 Å². The molecule has 1 N–H and O–H groups in total. The van der Waals surface area contributed by atoms with Gasteiger partial charge in [0.1, 0.15) is 5.54 Å². The number of carboxylic acid groups (broad SMARTS) is 1. The van der Waals surface area contributed by atoms with Crippen molar-refractivity contribution in [1.29, 1.82) is 0 Å². The van der Waals surface area contributed by atoms with Gasteiger partial charge in [-0.25, -0.2) is 0 Å². The summed E-state index contributed by atoms with van der Waals surface area (Å²) in [4.78, 5) is 13.0. The third-order valence-corrected chi connectivity index (χ3v) is 2.89. The van der Waals surface area contributed by atoms with E-state index in [1.54, 1.807) is 0 Å². The molecular formula is C10H15NO2. The second-order valence-corrected chi connectivity index (χ2v) is 3.42. The number of likely N-dealkylation sites (tertiary alicyclic amines) is 1. The third-order valence-electron chi connectivity index (χ3n) is 2.89.